The van der Waals surface area contributed by atoms with Crippen molar-refractivity contribution in [3.8, 4) is 0 Å². The van der Waals surface area contributed by atoms with Crippen molar-refractivity contribution in [3.63, 3.8) is 0 Å². The van der Waals surface area contributed by atoms with Crippen molar-refractivity contribution >= 4 is 0 Å². The number of methoxy groups -OCH3 is 1. The average Bonchev–Trinajstić information content (AvgIpc) is 2.43. The predicted octanol–water partition coefficient (Wildman–Crippen LogP) is -0.873. The first-order chi connectivity index (χ1) is 5.68. The Balaban J connectivity index is 2.65. The molecule has 0 saturated heterocycles. The Hall–Kier alpha value is -0.160. The fourth-order valence-corrected chi connectivity index (χ4v) is 1.74. The number of ether oxygens (including phenoxy) is 1. The van der Waals surface area contributed by atoms with E-state index in [1.54, 1.807) is 7.11 Å². The first-order valence-corrected chi connectivity index (χ1v) is 4.11. The van der Waals surface area contributed by atoms with E-state index in [9.17, 15) is 5.11 Å². The Morgan fingerprint density at radius 3 is 2.25 bits per heavy atom. The molecular weight excluding hydrogens is 160 g/mol. The van der Waals surface area contributed by atoms with Crippen LogP contribution in [0.3, 0.4) is 0 Å². The summed E-state index contributed by atoms with van der Waals surface area (Å²) in [6.45, 7) is -0.380. The van der Waals surface area contributed by atoms with Crippen LogP contribution < -0.4 is 0 Å². The normalized spacial score (nSPS) is 34.0. The fraction of sp³-hybridized carbons (Fsp3) is 1.00. The minimum absolute atomic E-state index is 0.0423. The summed E-state index contributed by atoms with van der Waals surface area (Å²) in [7, 11) is 1.57. The van der Waals surface area contributed by atoms with Gasteiger partial charge < -0.3 is 20.1 Å². The molecule has 1 rings (SSSR count). The van der Waals surface area contributed by atoms with Crippen LogP contribution in [0.1, 0.15) is 12.8 Å². The van der Waals surface area contributed by atoms with Crippen molar-refractivity contribution in [2.24, 2.45) is 5.41 Å². The first-order valence-electron chi connectivity index (χ1n) is 4.11. The van der Waals surface area contributed by atoms with Crippen molar-refractivity contribution in [1.29, 1.82) is 0 Å². The van der Waals surface area contributed by atoms with Gasteiger partial charge >= 0.3 is 0 Å². The van der Waals surface area contributed by atoms with Gasteiger partial charge in [0.25, 0.3) is 0 Å². The molecule has 1 aliphatic carbocycles. The molecule has 0 aromatic rings. The maximum Gasteiger partial charge on any atom is 0.0666 e. The maximum absolute atomic E-state index is 9.54. The second-order valence-electron chi connectivity index (χ2n) is 3.49. The van der Waals surface area contributed by atoms with E-state index in [0.29, 0.717) is 12.8 Å². The van der Waals surface area contributed by atoms with Gasteiger partial charge in [-0.3, -0.25) is 0 Å². The summed E-state index contributed by atoms with van der Waals surface area (Å²) in [4.78, 5) is 0. The van der Waals surface area contributed by atoms with Crippen molar-refractivity contribution in [2.45, 2.75) is 25.0 Å². The Morgan fingerprint density at radius 2 is 2.00 bits per heavy atom. The van der Waals surface area contributed by atoms with E-state index in [4.69, 9.17) is 14.9 Å². The summed E-state index contributed by atoms with van der Waals surface area (Å²) < 4.78 is 5.06. The third-order valence-electron chi connectivity index (χ3n) is 2.79. The van der Waals surface area contributed by atoms with Gasteiger partial charge in [0.2, 0.25) is 0 Å². The largest absolute Gasteiger partial charge is 0.396 e. The second-order valence-corrected chi connectivity index (χ2v) is 3.49. The summed E-state index contributed by atoms with van der Waals surface area (Å²) in [6.07, 6.45) is 0.326. The van der Waals surface area contributed by atoms with Crippen LogP contribution in [0.4, 0.5) is 0 Å². The molecule has 1 aliphatic rings. The summed E-state index contributed by atoms with van der Waals surface area (Å²) in [5.41, 5.74) is -0.749. The molecule has 4 heteroatoms. The van der Waals surface area contributed by atoms with Crippen molar-refractivity contribution < 1.29 is 20.1 Å². The third-order valence-corrected chi connectivity index (χ3v) is 2.79. The monoisotopic (exact) mass is 176 g/mol. The Labute approximate surface area is 71.8 Å². The number of aliphatic hydroxyl groups excluding tert-OH is 3. The van der Waals surface area contributed by atoms with Crippen LogP contribution >= 0.6 is 0 Å². The summed E-state index contributed by atoms with van der Waals surface area (Å²) in [6, 6.07) is 0. The smallest absolute Gasteiger partial charge is 0.0666 e. The SMILES string of the molecule is CO[C@H]1C[C@H](O)C(CO)(CO)C1. The van der Waals surface area contributed by atoms with Gasteiger partial charge in [-0.15, -0.1) is 0 Å². The van der Waals surface area contributed by atoms with Gasteiger partial charge in [0.15, 0.2) is 0 Å². The van der Waals surface area contributed by atoms with Gasteiger partial charge in [-0.1, -0.05) is 0 Å². The van der Waals surface area contributed by atoms with Crippen LogP contribution in [0, 0.1) is 5.41 Å². The van der Waals surface area contributed by atoms with Gasteiger partial charge in [0.1, 0.15) is 0 Å². The molecule has 2 atom stereocenters. The fourth-order valence-electron chi connectivity index (χ4n) is 1.74. The lowest BCUT2D eigenvalue weighted by Gasteiger charge is -2.27. The number of hydrogen-bond donors (Lipinski definition) is 3. The molecule has 0 bridgehead atoms. The molecule has 0 amide bonds. The standard InChI is InChI=1S/C8H16O4/c1-12-6-2-7(11)8(3-6,4-9)5-10/h6-7,9-11H,2-5H2,1H3/t6-,7-/m0/s1. The van der Waals surface area contributed by atoms with Crippen LogP contribution in [0.15, 0.2) is 0 Å². The van der Waals surface area contributed by atoms with E-state index in [0.717, 1.165) is 0 Å². The van der Waals surface area contributed by atoms with Crippen LogP contribution in [-0.4, -0.2) is 47.9 Å². The van der Waals surface area contributed by atoms with E-state index in [1.807, 2.05) is 0 Å². The van der Waals surface area contributed by atoms with Gasteiger partial charge in [0.05, 0.1) is 25.4 Å². The van der Waals surface area contributed by atoms with Crippen molar-refractivity contribution in [3.05, 3.63) is 0 Å². The molecule has 0 unspecified atom stereocenters. The highest BCUT2D eigenvalue weighted by Gasteiger charge is 2.46. The molecule has 0 aliphatic heterocycles. The highest BCUT2D eigenvalue weighted by molar-refractivity contribution is 4.96. The highest BCUT2D eigenvalue weighted by atomic mass is 16.5. The lowest BCUT2D eigenvalue weighted by Crippen LogP contribution is -2.37. The predicted molar refractivity (Wildman–Crippen MR) is 42.6 cm³/mol. The third kappa shape index (κ3) is 1.47. The van der Waals surface area contributed by atoms with E-state index < -0.39 is 11.5 Å². The van der Waals surface area contributed by atoms with E-state index in [-0.39, 0.29) is 19.3 Å². The molecule has 0 aromatic heterocycles. The Bertz CT molecular complexity index is 144. The molecule has 0 radical (unpaired) electrons. The number of hydrogen-bond acceptors (Lipinski definition) is 4. The van der Waals surface area contributed by atoms with Gasteiger partial charge in [0, 0.05) is 18.9 Å². The lowest BCUT2D eigenvalue weighted by atomic mass is 9.86. The van der Waals surface area contributed by atoms with Crippen LogP contribution in [-0.2, 0) is 4.74 Å². The topological polar surface area (TPSA) is 69.9 Å². The lowest BCUT2D eigenvalue weighted by molar-refractivity contribution is -0.0326. The minimum Gasteiger partial charge on any atom is -0.396 e. The molecule has 0 spiro atoms. The van der Waals surface area contributed by atoms with Crippen LogP contribution in [0.2, 0.25) is 0 Å². The molecule has 0 aromatic carbocycles. The Morgan fingerprint density at radius 1 is 1.42 bits per heavy atom. The van der Waals surface area contributed by atoms with E-state index in [1.165, 1.54) is 0 Å². The molecule has 3 N–H and O–H groups in total. The quantitative estimate of drug-likeness (QED) is 0.522. The molecule has 1 saturated carbocycles. The zero-order chi connectivity index (χ0) is 9.19. The van der Waals surface area contributed by atoms with Gasteiger partial charge in [-0.25, -0.2) is 0 Å². The molecule has 0 heterocycles. The first kappa shape index (κ1) is 9.92. The molecule has 1 fully saturated rings. The molecule has 4 nitrogen and oxygen atoms in total. The zero-order valence-electron chi connectivity index (χ0n) is 7.23. The van der Waals surface area contributed by atoms with Crippen molar-refractivity contribution in [2.75, 3.05) is 20.3 Å². The summed E-state index contributed by atoms with van der Waals surface area (Å²) in [5.74, 6) is 0. The summed E-state index contributed by atoms with van der Waals surface area (Å²) >= 11 is 0. The molecule has 12 heavy (non-hydrogen) atoms. The number of aliphatic hydroxyl groups is 3. The van der Waals surface area contributed by atoms with Crippen LogP contribution in [0.5, 0.6) is 0 Å². The van der Waals surface area contributed by atoms with Crippen molar-refractivity contribution in [1.82, 2.24) is 0 Å². The van der Waals surface area contributed by atoms with E-state index in [2.05, 4.69) is 0 Å². The molecular formula is C8H16O4. The number of rotatable bonds is 3. The average molecular weight is 176 g/mol. The van der Waals surface area contributed by atoms with E-state index >= 15 is 0 Å². The van der Waals surface area contributed by atoms with Crippen LogP contribution in [0.25, 0.3) is 0 Å². The second kappa shape index (κ2) is 3.70. The van der Waals surface area contributed by atoms with Gasteiger partial charge in [-0.05, 0) is 6.42 Å². The minimum atomic E-state index is -0.749. The molecule has 72 valence electrons. The zero-order valence-corrected chi connectivity index (χ0v) is 7.23. The Kier molecular flexibility index (Phi) is 3.06. The highest BCUT2D eigenvalue weighted by Crippen LogP contribution is 2.38. The summed E-state index contributed by atoms with van der Waals surface area (Å²) in [5, 5.41) is 27.6. The van der Waals surface area contributed by atoms with Gasteiger partial charge in [-0.2, -0.15) is 0 Å². The maximum atomic E-state index is 9.54.